The first kappa shape index (κ1) is 8.15. The zero-order valence-corrected chi connectivity index (χ0v) is 6.77. The van der Waals surface area contributed by atoms with Crippen LogP contribution in [0.2, 0.25) is 5.02 Å². The van der Waals surface area contributed by atoms with Crippen LogP contribution in [0.1, 0.15) is 0 Å². The maximum absolute atomic E-state index is 5.77. The molecule has 0 aliphatic heterocycles. The van der Waals surface area contributed by atoms with Crippen LogP contribution in [0.25, 0.3) is 0 Å². The first-order valence-corrected chi connectivity index (χ1v) is 3.61. The molecule has 0 aromatic heterocycles. The van der Waals surface area contributed by atoms with E-state index < -0.39 is 0 Å². The minimum absolute atomic E-state index is 0.476. The molecule has 0 fully saturated rings. The summed E-state index contributed by atoms with van der Waals surface area (Å²) in [5.74, 6) is 0.672. The summed E-state index contributed by atoms with van der Waals surface area (Å²) >= 11 is 5.77. The van der Waals surface area contributed by atoms with Crippen LogP contribution in [0.5, 0.6) is 5.75 Å². The zero-order chi connectivity index (χ0) is 8.10. The second-order valence-corrected chi connectivity index (χ2v) is 2.36. The predicted molar refractivity (Wildman–Crippen MR) is 46.0 cm³/mol. The molecule has 0 aliphatic rings. The quantitative estimate of drug-likeness (QED) is 0.629. The Balaban J connectivity index is 2.69. The smallest absolute Gasteiger partial charge is 0.138 e. The maximum Gasteiger partial charge on any atom is 0.138 e. The third kappa shape index (κ3) is 2.28. The number of ether oxygens (including phenoxy) is 1. The maximum atomic E-state index is 5.77. The van der Waals surface area contributed by atoms with Crippen molar-refractivity contribution in [3.63, 3.8) is 0 Å². The van der Waals surface area contributed by atoms with Crippen LogP contribution < -0.4 is 4.74 Å². The Morgan fingerprint density at radius 2 is 2.55 bits per heavy atom. The highest BCUT2D eigenvalue weighted by Crippen LogP contribution is 2.22. The van der Waals surface area contributed by atoms with Crippen LogP contribution in [0.4, 0.5) is 0 Å². The number of hydrogen-bond donors (Lipinski definition) is 0. The van der Waals surface area contributed by atoms with Crippen LogP contribution >= 0.6 is 11.6 Å². The van der Waals surface area contributed by atoms with Gasteiger partial charge in [-0.3, -0.25) is 0 Å². The molecule has 0 heterocycles. The molecule has 0 saturated carbocycles. The second-order valence-electron chi connectivity index (χ2n) is 1.96. The SMILES string of the molecule is C=CCOc1cc[c]cc1Cl. The van der Waals surface area contributed by atoms with Gasteiger partial charge in [0.25, 0.3) is 0 Å². The van der Waals surface area contributed by atoms with E-state index in [0.29, 0.717) is 17.4 Å². The lowest BCUT2D eigenvalue weighted by molar-refractivity contribution is 0.363. The molecule has 57 valence electrons. The van der Waals surface area contributed by atoms with Gasteiger partial charge in [-0.05, 0) is 18.2 Å². The summed E-state index contributed by atoms with van der Waals surface area (Å²) < 4.78 is 5.22. The molecule has 0 amide bonds. The van der Waals surface area contributed by atoms with Crippen molar-refractivity contribution in [2.45, 2.75) is 0 Å². The van der Waals surface area contributed by atoms with Gasteiger partial charge in [0, 0.05) is 0 Å². The van der Waals surface area contributed by atoms with Gasteiger partial charge in [0.2, 0.25) is 0 Å². The molecule has 11 heavy (non-hydrogen) atoms. The summed E-state index contributed by atoms with van der Waals surface area (Å²) in [7, 11) is 0. The topological polar surface area (TPSA) is 9.23 Å². The van der Waals surface area contributed by atoms with Crippen LogP contribution in [-0.4, -0.2) is 6.61 Å². The van der Waals surface area contributed by atoms with E-state index in [0.717, 1.165) is 0 Å². The van der Waals surface area contributed by atoms with Crippen molar-refractivity contribution >= 4 is 11.6 Å². The lowest BCUT2D eigenvalue weighted by atomic mass is 10.3. The van der Waals surface area contributed by atoms with E-state index in [1.165, 1.54) is 0 Å². The Morgan fingerprint density at radius 1 is 1.73 bits per heavy atom. The molecule has 1 rings (SSSR count). The number of rotatable bonds is 3. The molecule has 0 N–H and O–H groups in total. The summed E-state index contributed by atoms with van der Waals surface area (Å²) in [5.41, 5.74) is 0. The third-order valence-electron chi connectivity index (χ3n) is 1.13. The van der Waals surface area contributed by atoms with Gasteiger partial charge in [0.15, 0.2) is 0 Å². The molecule has 0 atom stereocenters. The fourth-order valence-electron chi connectivity index (χ4n) is 0.662. The van der Waals surface area contributed by atoms with Crippen LogP contribution in [0.15, 0.2) is 30.9 Å². The minimum Gasteiger partial charge on any atom is -0.488 e. The van der Waals surface area contributed by atoms with E-state index in [1.807, 2.05) is 0 Å². The molecule has 1 aromatic rings. The average Bonchev–Trinajstić information content (AvgIpc) is 2.03. The van der Waals surface area contributed by atoms with Crippen molar-refractivity contribution in [2.75, 3.05) is 6.61 Å². The summed E-state index contributed by atoms with van der Waals surface area (Å²) in [6.45, 7) is 4.01. The fraction of sp³-hybridized carbons (Fsp3) is 0.111. The normalized spacial score (nSPS) is 9.18. The zero-order valence-electron chi connectivity index (χ0n) is 6.01. The molecule has 0 aliphatic carbocycles. The fourth-order valence-corrected chi connectivity index (χ4v) is 0.842. The number of halogens is 1. The summed E-state index contributed by atoms with van der Waals surface area (Å²) in [6, 6.07) is 8.03. The molecule has 2 heteroatoms. The van der Waals surface area contributed by atoms with Gasteiger partial charge < -0.3 is 4.74 Å². The van der Waals surface area contributed by atoms with Gasteiger partial charge >= 0.3 is 0 Å². The highest BCUT2D eigenvalue weighted by molar-refractivity contribution is 6.32. The Hall–Kier alpha value is -0.950. The Kier molecular flexibility index (Phi) is 2.99. The van der Waals surface area contributed by atoms with E-state index in [2.05, 4.69) is 12.6 Å². The van der Waals surface area contributed by atoms with E-state index in [1.54, 1.807) is 24.3 Å². The molecule has 1 aromatic carbocycles. The van der Waals surface area contributed by atoms with Crippen molar-refractivity contribution < 1.29 is 4.74 Å². The van der Waals surface area contributed by atoms with E-state index in [4.69, 9.17) is 16.3 Å². The van der Waals surface area contributed by atoms with Crippen molar-refractivity contribution in [2.24, 2.45) is 0 Å². The van der Waals surface area contributed by atoms with Gasteiger partial charge in [0.05, 0.1) is 5.02 Å². The lowest BCUT2D eigenvalue weighted by Crippen LogP contribution is -1.92. The average molecular weight is 168 g/mol. The largest absolute Gasteiger partial charge is 0.488 e. The second kappa shape index (κ2) is 4.04. The molecule has 0 saturated heterocycles. The van der Waals surface area contributed by atoms with Crippen LogP contribution in [0.3, 0.4) is 0 Å². The summed E-state index contributed by atoms with van der Waals surface area (Å²) in [5, 5.41) is 0.578. The monoisotopic (exact) mass is 167 g/mol. The highest BCUT2D eigenvalue weighted by atomic mass is 35.5. The van der Waals surface area contributed by atoms with Gasteiger partial charge in [0.1, 0.15) is 12.4 Å². The Morgan fingerprint density at radius 3 is 3.18 bits per heavy atom. The highest BCUT2D eigenvalue weighted by Gasteiger charge is 1.96. The Labute approximate surface area is 71.3 Å². The molecular weight excluding hydrogens is 160 g/mol. The number of benzene rings is 1. The van der Waals surface area contributed by atoms with Crippen molar-refractivity contribution in [1.29, 1.82) is 0 Å². The molecule has 1 radical (unpaired) electrons. The third-order valence-corrected chi connectivity index (χ3v) is 1.43. The Bertz CT molecular complexity index is 245. The van der Waals surface area contributed by atoms with Crippen molar-refractivity contribution in [1.82, 2.24) is 0 Å². The molecule has 1 nitrogen and oxygen atoms in total. The van der Waals surface area contributed by atoms with Gasteiger partial charge in [-0.25, -0.2) is 0 Å². The first-order chi connectivity index (χ1) is 5.34. The first-order valence-electron chi connectivity index (χ1n) is 3.24. The molecular formula is C9H8ClO. The molecule has 0 spiro atoms. The van der Waals surface area contributed by atoms with Crippen molar-refractivity contribution in [3.05, 3.63) is 41.9 Å². The number of hydrogen-bond acceptors (Lipinski definition) is 1. The standard InChI is InChI=1S/C9H8ClO/c1-2-7-11-9-6-4-3-5-8(9)10/h2,4-6H,1,7H2. The van der Waals surface area contributed by atoms with E-state index >= 15 is 0 Å². The van der Waals surface area contributed by atoms with Gasteiger partial charge in [-0.1, -0.05) is 30.3 Å². The van der Waals surface area contributed by atoms with Crippen LogP contribution in [-0.2, 0) is 0 Å². The minimum atomic E-state index is 0.476. The predicted octanol–water partition coefficient (Wildman–Crippen LogP) is 2.70. The van der Waals surface area contributed by atoms with Gasteiger partial charge in [-0.15, -0.1) is 0 Å². The van der Waals surface area contributed by atoms with E-state index in [-0.39, 0.29) is 0 Å². The van der Waals surface area contributed by atoms with Crippen molar-refractivity contribution in [3.8, 4) is 5.75 Å². The van der Waals surface area contributed by atoms with Gasteiger partial charge in [-0.2, -0.15) is 0 Å². The summed E-state index contributed by atoms with van der Waals surface area (Å²) in [6.07, 6.45) is 1.67. The summed E-state index contributed by atoms with van der Waals surface area (Å²) in [4.78, 5) is 0. The van der Waals surface area contributed by atoms with E-state index in [9.17, 15) is 0 Å². The molecule has 0 unspecified atom stereocenters. The lowest BCUT2D eigenvalue weighted by Gasteiger charge is -2.03. The van der Waals surface area contributed by atoms with Crippen LogP contribution in [0, 0.1) is 6.07 Å². The molecule has 0 bridgehead atoms.